The predicted octanol–water partition coefficient (Wildman–Crippen LogP) is 4.88. The molecule has 0 radical (unpaired) electrons. The number of aliphatic hydroxyl groups excluding tert-OH is 1. The molecule has 0 unspecified atom stereocenters. The van der Waals surface area contributed by atoms with E-state index in [1.54, 1.807) is 0 Å². The molecule has 5 nitrogen and oxygen atoms in total. The lowest BCUT2D eigenvalue weighted by Crippen LogP contribution is -2.21. The van der Waals surface area contributed by atoms with Crippen LogP contribution in [0.25, 0.3) is 22.4 Å². The molecule has 156 valence electrons. The van der Waals surface area contributed by atoms with Gasteiger partial charge < -0.3 is 14.8 Å². The van der Waals surface area contributed by atoms with E-state index in [-0.39, 0.29) is 35.0 Å². The molecular formula is C19H18ClF4N3O2. The lowest BCUT2D eigenvalue weighted by Gasteiger charge is -2.14. The molecule has 0 spiro atoms. The van der Waals surface area contributed by atoms with Crippen LogP contribution >= 0.6 is 11.6 Å². The van der Waals surface area contributed by atoms with Crippen molar-refractivity contribution in [1.82, 2.24) is 14.8 Å². The third kappa shape index (κ3) is 4.17. The Morgan fingerprint density at radius 1 is 1.31 bits per heavy atom. The second kappa shape index (κ2) is 8.17. The summed E-state index contributed by atoms with van der Waals surface area (Å²) in [5, 5.41) is 13.4. The normalized spacial score (nSPS) is 13.1. The third-order valence-corrected chi connectivity index (χ3v) is 4.64. The summed E-state index contributed by atoms with van der Waals surface area (Å²) < 4.78 is 61.6. The van der Waals surface area contributed by atoms with E-state index in [1.807, 2.05) is 0 Å². The number of H-pyrrole nitrogens is 1. The van der Waals surface area contributed by atoms with Crippen LogP contribution in [0.2, 0.25) is 5.02 Å². The SMILES string of the molecule is COCc1c(-c2c(F)cccc2Cl)c[nH]c1-c1cnn(C[C@@H](C)O)c1C(F)(F)F. The molecule has 10 heteroatoms. The first kappa shape index (κ1) is 21.4. The molecule has 1 atom stereocenters. The van der Waals surface area contributed by atoms with E-state index in [2.05, 4.69) is 10.1 Å². The van der Waals surface area contributed by atoms with Crippen LogP contribution in [0.4, 0.5) is 17.6 Å². The Bertz CT molecular complexity index is 991. The van der Waals surface area contributed by atoms with Crippen LogP contribution in [0.1, 0.15) is 18.2 Å². The highest BCUT2D eigenvalue weighted by Crippen LogP contribution is 2.42. The molecule has 0 bridgehead atoms. The first-order chi connectivity index (χ1) is 13.6. The van der Waals surface area contributed by atoms with E-state index in [1.165, 1.54) is 38.4 Å². The minimum absolute atomic E-state index is 0.0636. The van der Waals surface area contributed by atoms with E-state index in [0.717, 1.165) is 6.20 Å². The van der Waals surface area contributed by atoms with Crippen molar-refractivity contribution >= 4 is 11.6 Å². The number of nitrogens with one attached hydrogen (secondary N) is 1. The summed E-state index contributed by atoms with van der Waals surface area (Å²) in [7, 11) is 1.38. The average Bonchev–Trinajstić information content (AvgIpc) is 3.19. The van der Waals surface area contributed by atoms with Crippen molar-refractivity contribution < 1.29 is 27.4 Å². The van der Waals surface area contributed by atoms with Gasteiger partial charge in [0.15, 0.2) is 5.69 Å². The molecule has 29 heavy (non-hydrogen) atoms. The molecular weight excluding hydrogens is 414 g/mol. The Labute approximate surface area is 168 Å². The van der Waals surface area contributed by atoms with Crippen LogP contribution in [0, 0.1) is 5.82 Å². The first-order valence-corrected chi connectivity index (χ1v) is 8.98. The van der Waals surface area contributed by atoms with Gasteiger partial charge in [0.1, 0.15) is 5.82 Å². The van der Waals surface area contributed by atoms with Gasteiger partial charge in [-0.25, -0.2) is 4.39 Å². The molecule has 0 fully saturated rings. The number of aromatic amines is 1. The van der Waals surface area contributed by atoms with Crippen LogP contribution in [-0.4, -0.2) is 33.1 Å². The van der Waals surface area contributed by atoms with Gasteiger partial charge >= 0.3 is 6.18 Å². The van der Waals surface area contributed by atoms with Crippen molar-refractivity contribution in [2.24, 2.45) is 0 Å². The summed E-state index contributed by atoms with van der Waals surface area (Å²) >= 11 is 6.14. The number of alkyl halides is 3. The van der Waals surface area contributed by atoms with Gasteiger partial charge in [0.25, 0.3) is 0 Å². The van der Waals surface area contributed by atoms with Crippen LogP contribution in [0.5, 0.6) is 0 Å². The highest BCUT2D eigenvalue weighted by atomic mass is 35.5. The molecule has 1 aromatic carbocycles. The molecule has 0 saturated carbocycles. The van der Waals surface area contributed by atoms with Gasteiger partial charge in [-0.1, -0.05) is 17.7 Å². The Kier molecular flexibility index (Phi) is 6.02. The Balaban J connectivity index is 2.23. The quantitative estimate of drug-likeness (QED) is 0.546. The van der Waals surface area contributed by atoms with Gasteiger partial charge in [0, 0.05) is 35.6 Å². The van der Waals surface area contributed by atoms with Crippen LogP contribution < -0.4 is 0 Å². The van der Waals surface area contributed by atoms with Gasteiger partial charge in [0.05, 0.1) is 36.2 Å². The summed E-state index contributed by atoms with van der Waals surface area (Å²) in [4.78, 5) is 2.79. The van der Waals surface area contributed by atoms with Crippen molar-refractivity contribution in [2.45, 2.75) is 32.4 Å². The summed E-state index contributed by atoms with van der Waals surface area (Å²) in [6.07, 6.45) is -3.31. The van der Waals surface area contributed by atoms with E-state index < -0.39 is 23.8 Å². The summed E-state index contributed by atoms with van der Waals surface area (Å²) in [5.41, 5.74) is -0.505. The molecule has 0 aliphatic carbocycles. The average molecular weight is 432 g/mol. The first-order valence-electron chi connectivity index (χ1n) is 8.60. The van der Waals surface area contributed by atoms with E-state index in [4.69, 9.17) is 16.3 Å². The Morgan fingerprint density at radius 2 is 2.03 bits per heavy atom. The number of nitrogens with zero attached hydrogens (tertiary/aromatic N) is 2. The fourth-order valence-corrected chi connectivity index (χ4v) is 3.49. The topological polar surface area (TPSA) is 63.1 Å². The van der Waals surface area contributed by atoms with Crippen molar-refractivity contribution in [3.63, 3.8) is 0 Å². The second-order valence-corrected chi connectivity index (χ2v) is 6.93. The molecule has 3 rings (SSSR count). The lowest BCUT2D eigenvalue weighted by atomic mass is 10.00. The fraction of sp³-hybridized carbons (Fsp3) is 0.316. The molecule has 0 aliphatic rings. The van der Waals surface area contributed by atoms with Gasteiger partial charge in [-0.05, 0) is 19.1 Å². The zero-order chi connectivity index (χ0) is 21.3. The maximum Gasteiger partial charge on any atom is 0.433 e. The summed E-state index contributed by atoms with van der Waals surface area (Å²) in [6.45, 7) is 0.948. The monoisotopic (exact) mass is 431 g/mol. The molecule has 0 saturated heterocycles. The Morgan fingerprint density at radius 3 is 2.62 bits per heavy atom. The van der Waals surface area contributed by atoms with Crippen molar-refractivity contribution in [2.75, 3.05) is 7.11 Å². The smallest absolute Gasteiger partial charge is 0.391 e. The number of aromatic nitrogens is 3. The number of halogens is 5. The number of benzene rings is 1. The zero-order valence-corrected chi connectivity index (χ0v) is 16.3. The molecule has 3 aromatic rings. The minimum Gasteiger partial charge on any atom is -0.391 e. The molecule has 0 aliphatic heterocycles. The maximum atomic E-state index is 14.4. The highest BCUT2D eigenvalue weighted by Gasteiger charge is 2.39. The van der Waals surface area contributed by atoms with E-state index in [0.29, 0.717) is 15.8 Å². The van der Waals surface area contributed by atoms with Crippen molar-refractivity contribution in [3.05, 3.63) is 52.7 Å². The summed E-state index contributed by atoms with van der Waals surface area (Å²) in [5.74, 6) is -0.610. The molecule has 2 heterocycles. The van der Waals surface area contributed by atoms with Crippen LogP contribution in [0.3, 0.4) is 0 Å². The van der Waals surface area contributed by atoms with Crippen molar-refractivity contribution in [3.8, 4) is 22.4 Å². The lowest BCUT2D eigenvalue weighted by molar-refractivity contribution is -0.144. The number of hydrogen-bond acceptors (Lipinski definition) is 3. The van der Waals surface area contributed by atoms with Gasteiger partial charge in [-0.3, -0.25) is 4.68 Å². The van der Waals surface area contributed by atoms with E-state index >= 15 is 0 Å². The zero-order valence-electron chi connectivity index (χ0n) is 15.5. The molecule has 2 aromatic heterocycles. The highest BCUT2D eigenvalue weighted by molar-refractivity contribution is 6.33. The maximum absolute atomic E-state index is 14.4. The number of hydrogen-bond donors (Lipinski definition) is 2. The van der Waals surface area contributed by atoms with Gasteiger partial charge in [-0.15, -0.1) is 0 Å². The number of ether oxygens (including phenoxy) is 1. The van der Waals surface area contributed by atoms with Crippen molar-refractivity contribution in [1.29, 1.82) is 0 Å². The van der Waals surface area contributed by atoms with Gasteiger partial charge in [0.2, 0.25) is 0 Å². The minimum atomic E-state index is -4.73. The molecule has 2 N–H and O–H groups in total. The number of aliphatic hydroxyl groups is 1. The number of methoxy groups -OCH3 is 1. The van der Waals surface area contributed by atoms with Crippen LogP contribution in [0.15, 0.2) is 30.6 Å². The van der Waals surface area contributed by atoms with E-state index in [9.17, 15) is 22.7 Å². The number of rotatable bonds is 6. The largest absolute Gasteiger partial charge is 0.433 e. The Hall–Kier alpha value is -2.36. The predicted molar refractivity (Wildman–Crippen MR) is 99.8 cm³/mol. The molecule has 0 amide bonds. The van der Waals surface area contributed by atoms with Crippen LogP contribution in [-0.2, 0) is 24.1 Å². The fourth-order valence-electron chi connectivity index (χ4n) is 3.22. The second-order valence-electron chi connectivity index (χ2n) is 6.52. The third-order valence-electron chi connectivity index (χ3n) is 4.32. The standard InChI is InChI=1S/C19H18ClF4N3O2/c1-10(28)8-27-18(19(22,23)24)12(7-26-27)17-13(9-29-2)11(6-25-17)16-14(20)4-3-5-15(16)21/h3-7,10,25,28H,8-9H2,1-2H3/t10-/m1/s1. The van der Waals surface area contributed by atoms with Gasteiger partial charge in [-0.2, -0.15) is 18.3 Å². The summed E-state index contributed by atoms with van der Waals surface area (Å²) in [6, 6.07) is 4.14.